The summed E-state index contributed by atoms with van der Waals surface area (Å²) in [5.74, 6) is 0. The fourth-order valence-corrected chi connectivity index (χ4v) is 2.27. The van der Waals surface area contributed by atoms with Gasteiger partial charge in [0.25, 0.3) is 0 Å². The number of hydrogen-bond acceptors (Lipinski definition) is 2. The van der Waals surface area contributed by atoms with Gasteiger partial charge in [-0.05, 0) is 32.4 Å². The minimum Gasteiger partial charge on any atom is -0.315 e. The number of hydrogen-bond donors (Lipinski definition) is 1. The SMILES string of the molecule is CN(C)CCNCC1(C)CCCCC1. The minimum atomic E-state index is 0.588. The van der Waals surface area contributed by atoms with E-state index in [1.54, 1.807) is 0 Å². The zero-order chi connectivity index (χ0) is 10.4. The van der Waals surface area contributed by atoms with Gasteiger partial charge in [-0.3, -0.25) is 0 Å². The third kappa shape index (κ3) is 4.43. The number of nitrogens with zero attached hydrogens (tertiary/aromatic N) is 1. The topological polar surface area (TPSA) is 15.3 Å². The zero-order valence-corrected chi connectivity index (χ0v) is 10.1. The lowest BCUT2D eigenvalue weighted by atomic mass is 9.76. The van der Waals surface area contributed by atoms with Crippen molar-refractivity contribution in [3.8, 4) is 0 Å². The highest BCUT2D eigenvalue weighted by Crippen LogP contribution is 2.34. The van der Waals surface area contributed by atoms with Gasteiger partial charge in [-0.15, -0.1) is 0 Å². The molecule has 0 aromatic carbocycles. The van der Waals surface area contributed by atoms with Gasteiger partial charge in [0.05, 0.1) is 0 Å². The molecular formula is C12H26N2. The first-order valence-corrected chi connectivity index (χ1v) is 5.98. The van der Waals surface area contributed by atoms with Crippen LogP contribution in [0.3, 0.4) is 0 Å². The van der Waals surface area contributed by atoms with Crippen molar-refractivity contribution in [2.24, 2.45) is 5.41 Å². The van der Waals surface area contributed by atoms with Crippen LogP contribution >= 0.6 is 0 Å². The highest BCUT2D eigenvalue weighted by molar-refractivity contribution is 4.80. The Hall–Kier alpha value is -0.0800. The van der Waals surface area contributed by atoms with Crippen molar-refractivity contribution in [2.75, 3.05) is 33.7 Å². The third-order valence-corrected chi connectivity index (χ3v) is 3.35. The number of likely N-dealkylation sites (N-methyl/N-ethyl adjacent to an activating group) is 1. The van der Waals surface area contributed by atoms with Gasteiger partial charge in [-0.25, -0.2) is 0 Å². The lowest BCUT2D eigenvalue weighted by molar-refractivity contribution is 0.206. The first-order chi connectivity index (χ1) is 6.62. The molecule has 1 rings (SSSR count). The molecule has 1 N–H and O–H groups in total. The monoisotopic (exact) mass is 198 g/mol. The fourth-order valence-electron chi connectivity index (χ4n) is 2.27. The molecular weight excluding hydrogens is 172 g/mol. The molecule has 0 amide bonds. The van der Waals surface area contributed by atoms with Gasteiger partial charge in [0.1, 0.15) is 0 Å². The summed E-state index contributed by atoms with van der Waals surface area (Å²) in [5.41, 5.74) is 0.588. The summed E-state index contributed by atoms with van der Waals surface area (Å²) in [6.45, 7) is 5.92. The van der Waals surface area contributed by atoms with Gasteiger partial charge in [0.2, 0.25) is 0 Å². The van der Waals surface area contributed by atoms with E-state index < -0.39 is 0 Å². The summed E-state index contributed by atoms with van der Waals surface area (Å²) in [4.78, 5) is 2.23. The summed E-state index contributed by atoms with van der Waals surface area (Å²) in [6.07, 6.45) is 7.16. The van der Waals surface area contributed by atoms with Crippen LogP contribution in [0.25, 0.3) is 0 Å². The molecule has 0 unspecified atom stereocenters. The van der Waals surface area contributed by atoms with Crippen molar-refractivity contribution in [3.63, 3.8) is 0 Å². The summed E-state index contributed by atoms with van der Waals surface area (Å²) in [7, 11) is 4.26. The Labute approximate surface area is 89.1 Å². The zero-order valence-electron chi connectivity index (χ0n) is 10.1. The Morgan fingerprint density at radius 1 is 1.14 bits per heavy atom. The van der Waals surface area contributed by atoms with Crippen molar-refractivity contribution in [2.45, 2.75) is 39.0 Å². The molecule has 1 fully saturated rings. The summed E-state index contributed by atoms with van der Waals surface area (Å²) in [5, 5.41) is 3.59. The number of nitrogens with one attached hydrogen (secondary N) is 1. The fraction of sp³-hybridized carbons (Fsp3) is 1.00. The molecule has 1 aliphatic carbocycles. The average molecular weight is 198 g/mol. The van der Waals surface area contributed by atoms with Crippen molar-refractivity contribution >= 4 is 0 Å². The predicted molar refractivity (Wildman–Crippen MR) is 62.6 cm³/mol. The van der Waals surface area contributed by atoms with Crippen molar-refractivity contribution in [3.05, 3.63) is 0 Å². The van der Waals surface area contributed by atoms with E-state index in [9.17, 15) is 0 Å². The molecule has 0 spiro atoms. The molecule has 0 atom stereocenters. The van der Waals surface area contributed by atoms with Gasteiger partial charge < -0.3 is 10.2 Å². The van der Waals surface area contributed by atoms with Gasteiger partial charge in [0.15, 0.2) is 0 Å². The van der Waals surface area contributed by atoms with Crippen molar-refractivity contribution in [1.29, 1.82) is 0 Å². The van der Waals surface area contributed by atoms with Crippen LogP contribution in [-0.2, 0) is 0 Å². The molecule has 14 heavy (non-hydrogen) atoms. The van der Waals surface area contributed by atoms with Crippen LogP contribution in [0.4, 0.5) is 0 Å². The molecule has 1 aliphatic rings. The molecule has 0 radical (unpaired) electrons. The second-order valence-electron chi connectivity index (χ2n) is 5.35. The minimum absolute atomic E-state index is 0.588. The first-order valence-electron chi connectivity index (χ1n) is 5.98. The molecule has 2 nitrogen and oxygen atoms in total. The van der Waals surface area contributed by atoms with E-state index in [4.69, 9.17) is 0 Å². The predicted octanol–water partition coefficient (Wildman–Crippen LogP) is 2.11. The number of rotatable bonds is 5. The lowest BCUT2D eigenvalue weighted by Gasteiger charge is -2.34. The van der Waals surface area contributed by atoms with Gasteiger partial charge in [-0.1, -0.05) is 26.2 Å². The molecule has 0 bridgehead atoms. The van der Waals surface area contributed by atoms with E-state index in [0.717, 1.165) is 13.1 Å². The molecule has 84 valence electrons. The van der Waals surface area contributed by atoms with Crippen molar-refractivity contribution < 1.29 is 0 Å². The molecule has 1 saturated carbocycles. The average Bonchev–Trinajstić information content (AvgIpc) is 2.14. The summed E-state index contributed by atoms with van der Waals surface area (Å²) >= 11 is 0. The standard InChI is InChI=1S/C12H26N2/c1-12(7-5-4-6-8-12)11-13-9-10-14(2)3/h13H,4-11H2,1-3H3. The normalized spacial score (nSPS) is 21.4. The van der Waals surface area contributed by atoms with Crippen LogP contribution in [-0.4, -0.2) is 38.6 Å². The Kier molecular flexibility index (Phi) is 4.90. The van der Waals surface area contributed by atoms with E-state index in [-0.39, 0.29) is 0 Å². The van der Waals surface area contributed by atoms with Crippen molar-refractivity contribution in [1.82, 2.24) is 10.2 Å². The Morgan fingerprint density at radius 2 is 1.79 bits per heavy atom. The van der Waals surface area contributed by atoms with Crippen LogP contribution in [0.1, 0.15) is 39.0 Å². The van der Waals surface area contributed by atoms with E-state index >= 15 is 0 Å². The Bertz CT molecular complexity index is 148. The Morgan fingerprint density at radius 3 is 2.36 bits per heavy atom. The van der Waals surface area contributed by atoms with Gasteiger partial charge in [0, 0.05) is 19.6 Å². The largest absolute Gasteiger partial charge is 0.315 e. The molecule has 0 aromatic rings. The van der Waals surface area contributed by atoms with Crippen LogP contribution in [0.15, 0.2) is 0 Å². The van der Waals surface area contributed by atoms with Crippen LogP contribution in [0.2, 0.25) is 0 Å². The van der Waals surface area contributed by atoms with E-state index in [1.807, 2.05) is 0 Å². The van der Waals surface area contributed by atoms with Gasteiger partial charge >= 0.3 is 0 Å². The lowest BCUT2D eigenvalue weighted by Crippen LogP contribution is -2.36. The summed E-state index contributed by atoms with van der Waals surface area (Å²) < 4.78 is 0. The van der Waals surface area contributed by atoms with E-state index in [1.165, 1.54) is 38.6 Å². The van der Waals surface area contributed by atoms with Crippen LogP contribution in [0.5, 0.6) is 0 Å². The van der Waals surface area contributed by atoms with Crippen LogP contribution in [0, 0.1) is 5.41 Å². The Balaban J connectivity index is 2.09. The van der Waals surface area contributed by atoms with Crippen LogP contribution < -0.4 is 5.32 Å². The second-order valence-corrected chi connectivity index (χ2v) is 5.35. The maximum Gasteiger partial charge on any atom is 0.0101 e. The second kappa shape index (κ2) is 5.72. The molecule has 0 aliphatic heterocycles. The maximum absolute atomic E-state index is 3.59. The smallest absolute Gasteiger partial charge is 0.0101 e. The van der Waals surface area contributed by atoms with E-state index in [2.05, 4.69) is 31.2 Å². The highest BCUT2D eigenvalue weighted by atomic mass is 15.1. The molecule has 2 heteroatoms. The molecule has 0 aromatic heterocycles. The van der Waals surface area contributed by atoms with E-state index in [0.29, 0.717) is 5.41 Å². The molecule has 0 heterocycles. The summed E-state index contributed by atoms with van der Waals surface area (Å²) in [6, 6.07) is 0. The first kappa shape index (κ1) is 12.0. The molecule has 0 saturated heterocycles. The van der Waals surface area contributed by atoms with Gasteiger partial charge in [-0.2, -0.15) is 0 Å². The third-order valence-electron chi connectivity index (χ3n) is 3.35. The maximum atomic E-state index is 3.59. The quantitative estimate of drug-likeness (QED) is 0.681. The highest BCUT2D eigenvalue weighted by Gasteiger charge is 2.25.